The summed E-state index contributed by atoms with van der Waals surface area (Å²) in [5.41, 5.74) is 1.76. The normalized spacial score (nSPS) is 11.1. The minimum atomic E-state index is -0.0639. The van der Waals surface area contributed by atoms with Gasteiger partial charge in [0, 0.05) is 0 Å². The predicted octanol–water partition coefficient (Wildman–Crippen LogP) is 3.82. The molecule has 0 unspecified atom stereocenters. The van der Waals surface area contributed by atoms with E-state index < -0.39 is 0 Å². The Labute approximate surface area is 115 Å². The molecule has 0 amide bonds. The number of phenols is 2. The maximum absolute atomic E-state index is 9.55. The Balaban J connectivity index is 2.42. The number of allylic oxidation sites excluding steroid dienone is 1. The topological polar surface area (TPSA) is 64.2 Å². The summed E-state index contributed by atoms with van der Waals surface area (Å²) in [7, 11) is 0. The third-order valence-corrected chi connectivity index (χ3v) is 2.90. The van der Waals surface area contributed by atoms with E-state index in [0.29, 0.717) is 11.1 Å². The van der Waals surface area contributed by atoms with Gasteiger partial charge in [0.25, 0.3) is 0 Å². The van der Waals surface area contributed by atoms with E-state index in [1.165, 1.54) is 12.1 Å². The molecular formula is C15H10ClNO2. The number of nitrogens with zero attached hydrogens (tertiary/aromatic N) is 1. The van der Waals surface area contributed by atoms with Crippen LogP contribution in [-0.4, -0.2) is 10.2 Å². The predicted molar refractivity (Wildman–Crippen MR) is 74.7 cm³/mol. The molecule has 0 bridgehead atoms. The van der Waals surface area contributed by atoms with E-state index in [0.717, 1.165) is 5.56 Å². The van der Waals surface area contributed by atoms with Gasteiger partial charge in [0.15, 0.2) is 0 Å². The van der Waals surface area contributed by atoms with Gasteiger partial charge in [-0.3, -0.25) is 0 Å². The quantitative estimate of drug-likeness (QED) is 0.645. The Bertz CT molecular complexity index is 670. The smallest absolute Gasteiger partial charge is 0.134 e. The van der Waals surface area contributed by atoms with Crippen molar-refractivity contribution in [2.45, 2.75) is 0 Å². The van der Waals surface area contributed by atoms with Gasteiger partial charge in [-0.25, -0.2) is 0 Å². The van der Waals surface area contributed by atoms with Crippen LogP contribution in [0.25, 0.3) is 11.6 Å². The van der Waals surface area contributed by atoms with Gasteiger partial charge in [0.05, 0.1) is 16.7 Å². The molecule has 0 aliphatic rings. The van der Waals surface area contributed by atoms with E-state index in [9.17, 15) is 15.5 Å². The average Bonchev–Trinajstić information content (AvgIpc) is 2.41. The van der Waals surface area contributed by atoms with Crippen molar-refractivity contribution in [3.05, 3.63) is 58.6 Å². The second-order valence-corrected chi connectivity index (χ2v) is 4.33. The van der Waals surface area contributed by atoms with E-state index in [4.69, 9.17) is 11.6 Å². The van der Waals surface area contributed by atoms with Crippen molar-refractivity contribution >= 4 is 23.3 Å². The highest BCUT2D eigenvalue weighted by molar-refractivity contribution is 6.32. The molecule has 4 heteroatoms. The number of halogens is 1. The van der Waals surface area contributed by atoms with Crippen LogP contribution in [0, 0.1) is 11.3 Å². The van der Waals surface area contributed by atoms with Gasteiger partial charge in [-0.05, 0) is 41.5 Å². The van der Waals surface area contributed by atoms with Crippen molar-refractivity contribution in [2.75, 3.05) is 0 Å². The molecule has 0 saturated heterocycles. The first kappa shape index (κ1) is 13.0. The molecule has 0 saturated carbocycles. The number of hydrogen-bond donors (Lipinski definition) is 2. The number of phenolic OH excluding ortho intramolecular Hbond substituents is 2. The van der Waals surface area contributed by atoms with Gasteiger partial charge in [0.2, 0.25) is 0 Å². The highest BCUT2D eigenvalue weighted by atomic mass is 35.5. The maximum Gasteiger partial charge on any atom is 0.134 e. The number of hydrogen-bond acceptors (Lipinski definition) is 3. The first-order chi connectivity index (χ1) is 9.10. The molecular weight excluding hydrogens is 262 g/mol. The summed E-state index contributed by atoms with van der Waals surface area (Å²) < 4.78 is 0. The van der Waals surface area contributed by atoms with Crippen LogP contribution in [-0.2, 0) is 0 Å². The van der Waals surface area contributed by atoms with Crippen LogP contribution in [0.4, 0.5) is 0 Å². The van der Waals surface area contributed by atoms with E-state index in [1.807, 2.05) is 0 Å². The zero-order valence-corrected chi connectivity index (χ0v) is 10.6. The van der Waals surface area contributed by atoms with Gasteiger partial charge in [-0.15, -0.1) is 0 Å². The van der Waals surface area contributed by atoms with Crippen molar-refractivity contribution in [1.82, 2.24) is 0 Å². The molecule has 0 atom stereocenters. The van der Waals surface area contributed by atoms with Crippen LogP contribution < -0.4 is 0 Å². The van der Waals surface area contributed by atoms with Crippen LogP contribution in [0.5, 0.6) is 11.5 Å². The second-order valence-electron chi connectivity index (χ2n) is 3.93. The lowest BCUT2D eigenvalue weighted by Gasteiger charge is -2.02. The highest BCUT2D eigenvalue weighted by Crippen LogP contribution is 2.28. The van der Waals surface area contributed by atoms with Crippen LogP contribution in [0.15, 0.2) is 42.5 Å². The lowest BCUT2D eigenvalue weighted by Crippen LogP contribution is -1.82. The molecule has 0 aliphatic heterocycles. The molecule has 94 valence electrons. The summed E-state index contributed by atoms with van der Waals surface area (Å²) in [5, 5.41) is 28.2. The van der Waals surface area contributed by atoms with E-state index in [1.54, 1.807) is 36.4 Å². The van der Waals surface area contributed by atoms with Gasteiger partial charge < -0.3 is 10.2 Å². The Morgan fingerprint density at radius 2 is 1.79 bits per heavy atom. The lowest BCUT2D eigenvalue weighted by atomic mass is 10.0. The lowest BCUT2D eigenvalue weighted by molar-refractivity contribution is 0.475. The van der Waals surface area contributed by atoms with Crippen LogP contribution in [0.3, 0.4) is 0 Å². The van der Waals surface area contributed by atoms with Crippen LogP contribution in [0.2, 0.25) is 5.02 Å². The summed E-state index contributed by atoms with van der Waals surface area (Å²) in [6.07, 6.45) is 1.67. The van der Waals surface area contributed by atoms with Crippen molar-refractivity contribution in [3.63, 3.8) is 0 Å². The summed E-state index contributed by atoms with van der Waals surface area (Å²) in [6.45, 7) is 0. The molecule has 0 fully saturated rings. The number of benzene rings is 2. The highest BCUT2D eigenvalue weighted by Gasteiger charge is 2.05. The largest absolute Gasteiger partial charge is 0.508 e. The van der Waals surface area contributed by atoms with Crippen LogP contribution >= 0.6 is 11.6 Å². The molecule has 0 aromatic heterocycles. The maximum atomic E-state index is 9.55. The molecule has 19 heavy (non-hydrogen) atoms. The average molecular weight is 272 g/mol. The number of rotatable bonds is 2. The minimum Gasteiger partial charge on any atom is -0.508 e. The summed E-state index contributed by atoms with van der Waals surface area (Å²) in [4.78, 5) is 0. The van der Waals surface area contributed by atoms with Gasteiger partial charge >= 0.3 is 0 Å². The fourth-order valence-corrected chi connectivity index (χ4v) is 1.72. The third kappa shape index (κ3) is 3.06. The van der Waals surface area contributed by atoms with Crippen molar-refractivity contribution < 1.29 is 10.2 Å². The van der Waals surface area contributed by atoms with Crippen LogP contribution in [0.1, 0.15) is 11.1 Å². The molecule has 0 radical (unpaired) electrons. The Hall–Kier alpha value is -2.44. The summed E-state index contributed by atoms with van der Waals surface area (Å²) >= 11 is 5.73. The molecule has 2 aromatic carbocycles. The fourth-order valence-electron chi connectivity index (χ4n) is 1.60. The standard InChI is InChI=1S/C15H10ClNO2/c16-14-6-3-11(8-15(14)19)12(9-17)7-10-1-4-13(18)5-2-10/h1-8,18-19H/b12-7+. The second kappa shape index (κ2) is 5.47. The molecule has 2 N–H and O–H groups in total. The zero-order valence-electron chi connectivity index (χ0n) is 9.84. The van der Waals surface area contributed by atoms with Gasteiger partial charge in [-0.2, -0.15) is 5.26 Å². The Morgan fingerprint density at radius 3 is 2.37 bits per heavy atom. The van der Waals surface area contributed by atoms with Crippen molar-refractivity contribution in [3.8, 4) is 17.6 Å². The SMILES string of the molecule is N#C/C(=C\c1ccc(O)cc1)c1ccc(Cl)c(O)c1. The minimum absolute atomic E-state index is 0.0639. The van der Waals surface area contributed by atoms with Crippen molar-refractivity contribution in [2.24, 2.45) is 0 Å². The summed E-state index contributed by atoms with van der Waals surface area (Å²) in [5.74, 6) is 0.103. The molecule has 2 aromatic rings. The number of aromatic hydroxyl groups is 2. The summed E-state index contributed by atoms with van der Waals surface area (Å²) in [6, 6.07) is 13.2. The first-order valence-corrected chi connectivity index (χ1v) is 5.87. The van der Waals surface area contributed by atoms with Gasteiger partial charge in [-0.1, -0.05) is 29.8 Å². The molecule has 3 nitrogen and oxygen atoms in total. The van der Waals surface area contributed by atoms with E-state index >= 15 is 0 Å². The Kier molecular flexibility index (Phi) is 3.74. The first-order valence-electron chi connectivity index (χ1n) is 5.50. The molecule has 0 spiro atoms. The fraction of sp³-hybridized carbons (Fsp3) is 0. The molecule has 0 heterocycles. The van der Waals surface area contributed by atoms with Gasteiger partial charge in [0.1, 0.15) is 11.5 Å². The molecule has 0 aliphatic carbocycles. The number of nitriles is 1. The molecule has 2 rings (SSSR count). The third-order valence-electron chi connectivity index (χ3n) is 2.58. The zero-order chi connectivity index (χ0) is 13.8. The van der Waals surface area contributed by atoms with Crippen molar-refractivity contribution in [1.29, 1.82) is 5.26 Å². The monoisotopic (exact) mass is 271 g/mol. The van der Waals surface area contributed by atoms with E-state index in [2.05, 4.69) is 6.07 Å². The Morgan fingerprint density at radius 1 is 1.11 bits per heavy atom. The van der Waals surface area contributed by atoms with E-state index in [-0.39, 0.29) is 16.5 Å².